The molecule has 2 aromatic carbocycles. The first-order valence-electron chi connectivity index (χ1n) is 10.9. The molecule has 3 aromatic rings. The first-order valence-corrected chi connectivity index (χ1v) is 10.9. The lowest BCUT2D eigenvalue weighted by atomic mass is 9.76. The standard InChI is InChI=1S/C25H26N4O3/c26-24(27)31-14-21-19-10-16(6-9-25(30)7-1-8-25)2-4-22(19)32-23-5-3-17(11-20(21)23)18-12-28-15-29-13-18/h2-5,10-13,15,21,30H,1,6-9,14H2,(H3,26,27). The number of ether oxygens (including phenoxy) is 2. The van der Waals surface area contributed by atoms with Crippen molar-refractivity contribution in [3.8, 4) is 22.6 Å². The normalized spacial score (nSPS) is 18.0. The first kappa shape index (κ1) is 20.5. The molecule has 0 spiro atoms. The number of hydrogen-bond donors (Lipinski definition) is 3. The molecule has 4 N–H and O–H groups in total. The van der Waals surface area contributed by atoms with E-state index >= 15 is 0 Å². The molecular formula is C25H26N4O3. The van der Waals surface area contributed by atoms with Crippen molar-refractivity contribution in [2.75, 3.05) is 6.61 Å². The third kappa shape index (κ3) is 4.03. The molecule has 7 heteroatoms. The summed E-state index contributed by atoms with van der Waals surface area (Å²) in [6.45, 7) is 0.237. The minimum Gasteiger partial charge on any atom is -0.465 e. The van der Waals surface area contributed by atoms with Crippen LogP contribution < -0.4 is 10.5 Å². The van der Waals surface area contributed by atoms with E-state index in [-0.39, 0.29) is 18.5 Å². The number of nitrogens with one attached hydrogen (secondary N) is 1. The molecule has 0 amide bonds. The van der Waals surface area contributed by atoms with E-state index < -0.39 is 5.60 Å². The molecule has 0 bridgehead atoms. The Hall–Kier alpha value is -3.45. The fourth-order valence-corrected chi connectivity index (χ4v) is 4.51. The molecule has 2 heterocycles. The highest BCUT2D eigenvalue weighted by Gasteiger charge is 2.34. The van der Waals surface area contributed by atoms with Crippen LogP contribution in [0.5, 0.6) is 11.5 Å². The third-order valence-corrected chi connectivity index (χ3v) is 6.52. The summed E-state index contributed by atoms with van der Waals surface area (Å²) >= 11 is 0. The summed E-state index contributed by atoms with van der Waals surface area (Å²) in [5.41, 5.74) is 10.00. The Kier molecular flexibility index (Phi) is 5.27. The van der Waals surface area contributed by atoms with Gasteiger partial charge in [0.05, 0.1) is 11.5 Å². The molecule has 1 unspecified atom stereocenters. The van der Waals surface area contributed by atoms with E-state index in [0.717, 1.165) is 71.4 Å². The Labute approximate surface area is 186 Å². The summed E-state index contributed by atoms with van der Waals surface area (Å²) in [6.07, 6.45) is 9.49. The van der Waals surface area contributed by atoms with Crippen molar-refractivity contribution < 1.29 is 14.6 Å². The van der Waals surface area contributed by atoms with Crippen molar-refractivity contribution in [1.29, 1.82) is 5.41 Å². The molecule has 1 atom stereocenters. The average molecular weight is 431 g/mol. The van der Waals surface area contributed by atoms with E-state index in [1.165, 1.54) is 6.33 Å². The Morgan fingerprint density at radius 2 is 1.81 bits per heavy atom. The van der Waals surface area contributed by atoms with E-state index in [4.69, 9.17) is 20.6 Å². The highest BCUT2D eigenvalue weighted by molar-refractivity contribution is 5.69. The van der Waals surface area contributed by atoms with E-state index in [1.54, 1.807) is 12.4 Å². The number of aromatic nitrogens is 2. The van der Waals surface area contributed by atoms with Gasteiger partial charge in [0.1, 0.15) is 24.4 Å². The van der Waals surface area contributed by atoms with Crippen LogP contribution in [0, 0.1) is 5.41 Å². The number of nitrogens with zero attached hydrogens (tertiary/aromatic N) is 2. The molecular weight excluding hydrogens is 404 g/mol. The summed E-state index contributed by atoms with van der Waals surface area (Å²) in [5.74, 6) is 1.39. The van der Waals surface area contributed by atoms with Crippen molar-refractivity contribution in [3.05, 3.63) is 71.8 Å². The van der Waals surface area contributed by atoms with Crippen molar-refractivity contribution in [2.24, 2.45) is 5.73 Å². The topological polar surface area (TPSA) is 114 Å². The number of benzene rings is 2. The molecule has 2 aliphatic rings. The Morgan fingerprint density at radius 1 is 1.09 bits per heavy atom. The largest absolute Gasteiger partial charge is 0.465 e. The summed E-state index contributed by atoms with van der Waals surface area (Å²) in [7, 11) is 0. The smallest absolute Gasteiger partial charge is 0.279 e. The summed E-state index contributed by atoms with van der Waals surface area (Å²) in [6, 6.07) is 11.9. The second kappa shape index (κ2) is 8.24. The molecule has 5 rings (SSSR count). The van der Waals surface area contributed by atoms with Crippen LogP contribution in [0.3, 0.4) is 0 Å². The highest BCUT2D eigenvalue weighted by atomic mass is 16.5. The zero-order chi connectivity index (χ0) is 22.1. The summed E-state index contributed by atoms with van der Waals surface area (Å²) in [5, 5.41) is 18.0. The van der Waals surface area contributed by atoms with Crippen LogP contribution in [0.2, 0.25) is 0 Å². The van der Waals surface area contributed by atoms with Gasteiger partial charge in [-0.05, 0) is 61.4 Å². The van der Waals surface area contributed by atoms with Crippen LogP contribution in [-0.4, -0.2) is 33.3 Å². The van der Waals surface area contributed by atoms with Crippen LogP contribution in [0.15, 0.2) is 55.1 Å². The number of amidine groups is 1. The van der Waals surface area contributed by atoms with Gasteiger partial charge in [0.2, 0.25) is 0 Å². The van der Waals surface area contributed by atoms with Gasteiger partial charge in [0.15, 0.2) is 0 Å². The molecule has 1 aliphatic carbocycles. The number of nitrogens with two attached hydrogens (primary N) is 1. The van der Waals surface area contributed by atoms with E-state index in [2.05, 4.69) is 28.2 Å². The second-order valence-electron chi connectivity index (χ2n) is 8.66. The van der Waals surface area contributed by atoms with Crippen LogP contribution in [-0.2, 0) is 11.2 Å². The quantitative estimate of drug-likeness (QED) is 0.400. The number of aliphatic hydroxyl groups is 1. The third-order valence-electron chi connectivity index (χ3n) is 6.52. The molecule has 7 nitrogen and oxygen atoms in total. The van der Waals surface area contributed by atoms with Crippen molar-refractivity contribution in [2.45, 2.75) is 43.6 Å². The monoisotopic (exact) mass is 430 g/mol. The zero-order valence-corrected chi connectivity index (χ0v) is 17.8. The molecule has 1 fully saturated rings. The van der Waals surface area contributed by atoms with Gasteiger partial charge in [-0.1, -0.05) is 18.2 Å². The van der Waals surface area contributed by atoms with Gasteiger partial charge in [-0.2, -0.15) is 0 Å². The molecule has 32 heavy (non-hydrogen) atoms. The van der Waals surface area contributed by atoms with Gasteiger partial charge >= 0.3 is 0 Å². The molecule has 164 valence electrons. The predicted octanol–water partition coefficient (Wildman–Crippen LogP) is 4.14. The zero-order valence-electron chi connectivity index (χ0n) is 17.8. The molecule has 1 aliphatic heterocycles. The fraction of sp³-hybridized carbons (Fsp3) is 0.320. The second-order valence-corrected chi connectivity index (χ2v) is 8.66. The van der Waals surface area contributed by atoms with Gasteiger partial charge in [-0.25, -0.2) is 9.97 Å². The van der Waals surface area contributed by atoms with Gasteiger partial charge in [0, 0.05) is 29.1 Å². The predicted molar refractivity (Wildman–Crippen MR) is 121 cm³/mol. The number of rotatable bonds is 6. The maximum atomic E-state index is 10.5. The summed E-state index contributed by atoms with van der Waals surface area (Å²) in [4.78, 5) is 8.24. The van der Waals surface area contributed by atoms with Gasteiger partial charge in [0.25, 0.3) is 6.02 Å². The fourth-order valence-electron chi connectivity index (χ4n) is 4.51. The Morgan fingerprint density at radius 3 is 2.50 bits per heavy atom. The lowest BCUT2D eigenvalue weighted by Gasteiger charge is -2.36. The first-order chi connectivity index (χ1) is 15.5. The summed E-state index contributed by atoms with van der Waals surface area (Å²) < 4.78 is 11.7. The van der Waals surface area contributed by atoms with E-state index in [9.17, 15) is 5.11 Å². The van der Waals surface area contributed by atoms with Gasteiger partial charge in [-0.3, -0.25) is 5.41 Å². The minimum absolute atomic E-state index is 0.144. The maximum absolute atomic E-state index is 10.5. The van der Waals surface area contributed by atoms with Crippen LogP contribution >= 0.6 is 0 Å². The molecule has 1 saturated carbocycles. The van der Waals surface area contributed by atoms with Crippen molar-refractivity contribution >= 4 is 6.02 Å². The highest BCUT2D eigenvalue weighted by Crippen LogP contribution is 2.46. The minimum atomic E-state index is -0.511. The SMILES string of the molecule is N=C(N)OCC1c2cc(CCC3(O)CCC3)ccc2Oc2ccc(-c3cncnc3)cc21. The van der Waals surface area contributed by atoms with Crippen molar-refractivity contribution in [3.63, 3.8) is 0 Å². The molecule has 0 radical (unpaired) electrons. The number of hydrogen-bond acceptors (Lipinski definition) is 6. The van der Waals surface area contributed by atoms with Gasteiger partial charge in [-0.15, -0.1) is 0 Å². The van der Waals surface area contributed by atoms with E-state index in [1.807, 2.05) is 18.2 Å². The Bertz CT molecular complexity index is 1150. The number of aryl methyl sites for hydroxylation is 1. The van der Waals surface area contributed by atoms with Crippen molar-refractivity contribution in [1.82, 2.24) is 9.97 Å². The lowest BCUT2D eigenvalue weighted by molar-refractivity contribution is -0.0397. The van der Waals surface area contributed by atoms with Crippen LogP contribution in [0.4, 0.5) is 0 Å². The molecule has 1 aromatic heterocycles. The van der Waals surface area contributed by atoms with Crippen LogP contribution in [0.25, 0.3) is 11.1 Å². The van der Waals surface area contributed by atoms with Crippen LogP contribution in [0.1, 0.15) is 48.3 Å². The van der Waals surface area contributed by atoms with Gasteiger partial charge < -0.3 is 20.3 Å². The lowest BCUT2D eigenvalue weighted by Crippen LogP contribution is -2.37. The Balaban J connectivity index is 1.49. The van der Waals surface area contributed by atoms with E-state index in [0.29, 0.717) is 0 Å². The maximum Gasteiger partial charge on any atom is 0.279 e. The number of fused-ring (bicyclic) bond motifs is 2. The molecule has 0 saturated heterocycles. The average Bonchev–Trinajstić information content (AvgIpc) is 2.79.